The normalized spacial score (nSPS) is 15.8. The second-order valence-corrected chi connectivity index (χ2v) is 9.53. The van der Waals surface area contributed by atoms with Gasteiger partial charge in [-0.25, -0.2) is 9.78 Å². The van der Waals surface area contributed by atoms with Crippen molar-refractivity contribution < 1.29 is 14.6 Å². The molecule has 0 bridgehead atoms. The summed E-state index contributed by atoms with van der Waals surface area (Å²) in [5.41, 5.74) is 10.3. The molecule has 0 aliphatic carbocycles. The number of nitrogens with zero attached hydrogens (tertiary/aromatic N) is 4. The lowest BCUT2D eigenvalue weighted by Crippen LogP contribution is -2.32. The van der Waals surface area contributed by atoms with Gasteiger partial charge in [-0.3, -0.25) is 4.90 Å². The second-order valence-electron chi connectivity index (χ2n) is 9.53. The van der Waals surface area contributed by atoms with Gasteiger partial charge in [0.1, 0.15) is 11.6 Å². The minimum absolute atomic E-state index is 0.0494. The number of rotatable bonds is 6. The topological polar surface area (TPSA) is 106 Å². The molecule has 32 heavy (non-hydrogen) atoms. The van der Waals surface area contributed by atoms with Gasteiger partial charge >= 0.3 is 5.97 Å². The number of benzene rings is 1. The van der Waals surface area contributed by atoms with E-state index >= 15 is 0 Å². The maximum Gasteiger partial charge on any atom is 0.341 e. The molecule has 2 aromatic heterocycles. The molecule has 170 valence electrons. The Hall–Kier alpha value is -3.13. The highest BCUT2D eigenvalue weighted by Crippen LogP contribution is 2.30. The fraction of sp³-hybridized carbons (Fsp3) is 0.458. The van der Waals surface area contributed by atoms with Crippen molar-refractivity contribution in [3.8, 4) is 5.75 Å². The average Bonchev–Trinajstić information content (AvgIpc) is 3.19. The van der Waals surface area contributed by atoms with Crippen LogP contribution in [0.4, 0.5) is 5.82 Å². The van der Waals surface area contributed by atoms with E-state index in [1.807, 2.05) is 36.4 Å². The van der Waals surface area contributed by atoms with Crippen LogP contribution in [0, 0.1) is 0 Å². The zero-order valence-corrected chi connectivity index (χ0v) is 18.9. The average molecular weight is 438 g/mol. The highest BCUT2D eigenvalue weighted by atomic mass is 16.5. The van der Waals surface area contributed by atoms with Gasteiger partial charge in [0.2, 0.25) is 0 Å². The highest BCUT2D eigenvalue weighted by Gasteiger charge is 2.24. The van der Waals surface area contributed by atoms with Crippen LogP contribution >= 0.6 is 0 Å². The number of nitrogen functional groups attached to an aromatic ring is 1. The molecule has 1 aliphatic heterocycles. The van der Waals surface area contributed by atoms with E-state index in [4.69, 9.17) is 20.6 Å². The molecular formula is C24H31N5O3. The van der Waals surface area contributed by atoms with Crippen LogP contribution in [0.2, 0.25) is 0 Å². The standard InChI is InChI=1S/C24H31N5O3/c1-24(2,3)20-13-22-26-19(12-21(25)29(22)27-20)17-8-10-28(11-9-17)14-16-4-6-18(7-5-16)32-15-23(30)31/h4-7,12-13,17H,8-11,14-15,25H2,1-3H3,(H,30,31). The maximum absolute atomic E-state index is 10.6. The van der Waals surface area contributed by atoms with E-state index in [9.17, 15) is 4.79 Å². The van der Waals surface area contributed by atoms with E-state index < -0.39 is 5.97 Å². The molecule has 0 unspecified atom stereocenters. The molecule has 3 N–H and O–H groups in total. The Morgan fingerprint density at radius 1 is 1.19 bits per heavy atom. The number of hydrogen-bond acceptors (Lipinski definition) is 6. The van der Waals surface area contributed by atoms with Crippen molar-refractivity contribution in [2.45, 2.75) is 51.5 Å². The van der Waals surface area contributed by atoms with Crippen molar-refractivity contribution in [3.63, 3.8) is 0 Å². The summed E-state index contributed by atoms with van der Waals surface area (Å²) >= 11 is 0. The Labute approximate surface area is 188 Å². The first kappa shape index (κ1) is 22.1. The number of piperidine rings is 1. The summed E-state index contributed by atoms with van der Waals surface area (Å²) in [7, 11) is 0. The molecule has 0 atom stereocenters. The van der Waals surface area contributed by atoms with Gasteiger partial charge in [0, 0.05) is 35.7 Å². The maximum atomic E-state index is 10.6. The second kappa shape index (κ2) is 8.78. The van der Waals surface area contributed by atoms with E-state index in [2.05, 4.69) is 30.8 Å². The molecule has 8 heteroatoms. The predicted molar refractivity (Wildman–Crippen MR) is 123 cm³/mol. The first-order valence-electron chi connectivity index (χ1n) is 11.0. The third-order valence-corrected chi connectivity index (χ3v) is 5.94. The number of ether oxygens (including phenoxy) is 1. The van der Waals surface area contributed by atoms with E-state index in [1.165, 1.54) is 5.56 Å². The molecule has 3 aromatic rings. The first-order chi connectivity index (χ1) is 15.2. The SMILES string of the molecule is CC(C)(C)c1cc2nc(C3CCN(Cc4ccc(OCC(=O)O)cc4)CC3)cc(N)n2n1. The lowest BCUT2D eigenvalue weighted by Gasteiger charge is -2.31. The van der Waals surface area contributed by atoms with Gasteiger partial charge in [-0.1, -0.05) is 32.9 Å². The van der Waals surface area contributed by atoms with E-state index in [-0.39, 0.29) is 12.0 Å². The van der Waals surface area contributed by atoms with Crippen LogP contribution < -0.4 is 10.5 Å². The van der Waals surface area contributed by atoms with E-state index in [0.29, 0.717) is 17.5 Å². The smallest absolute Gasteiger partial charge is 0.341 e. The molecule has 0 spiro atoms. The summed E-state index contributed by atoms with van der Waals surface area (Å²) < 4.78 is 6.94. The van der Waals surface area contributed by atoms with Gasteiger partial charge in [0.15, 0.2) is 12.3 Å². The Morgan fingerprint density at radius 2 is 1.88 bits per heavy atom. The third-order valence-electron chi connectivity index (χ3n) is 5.94. The number of fused-ring (bicyclic) bond motifs is 1. The number of hydrogen-bond donors (Lipinski definition) is 2. The van der Waals surface area contributed by atoms with Gasteiger partial charge in [-0.15, -0.1) is 0 Å². The lowest BCUT2D eigenvalue weighted by molar-refractivity contribution is -0.139. The number of anilines is 1. The molecule has 1 saturated heterocycles. The molecule has 1 fully saturated rings. The molecule has 4 rings (SSSR count). The van der Waals surface area contributed by atoms with Crippen LogP contribution in [0.3, 0.4) is 0 Å². The van der Waals surface area contributed by atoms with Crippen molar-refractivity contribution in [1.82, 2.24) is 19.5 Å². The quantitative estimate of drug-likeness (QED) is 0.608. The molecule has 0 saturated carbocycles. The number of likely N-dealkylation sites (tertiary alicyclic amines) is 1. The van der Waals surface area contributed by atoms with Gasteiger partial charge in [-0.05, 0) is 43.6 Å². The number of aliphatic carboxylic acids is 1. The lowest BCUT2D eigenvalue weighted by atomic mass is 9.92. The van der Waals surface area contributed by atoms with Crippen LogP contribution in [0.25, 0.3) is 5.65 Å². The molecule has 0 amide bonds. The predicted octanol–water partition coefficient (Wildman–Crippen LogP) is 3.45. The zero-order chi connectivity index (χ0) is 22.9. The molecule has 0 radical (unpaired) electrons. The van der Waals surface area contributed by atoms with Crippen LogP contribution in [0.15, 0.2) is 36.4 Å². The minimum atomic E-state index is -0.977. The summed E-state index contributed by atoms with van der Waals surface area (Å²) in [6, 6.07) is 11.6. The fourth-order valence-electron chi connectivity index (χ4n) is 4.07. The summed E-state index contributed by atoms with van der Waals surface area (Å²) in [5.74, 6) is 0.616. The van der Waals surface area contributed by atoms with Crippen LogP contribution in [-0.2, 0) is 16.8 Å². The Bertz CT molecular complexity index is 1090. The molecule has 8 nitrogen and oxygen atoms in total. The third kappa shape index (κ3) is 5.02. The number of carbonyl (C=O) groups is 1. The minimum Gasteiger partial charge on any atom is -0.482 e. The summed E-state index contributed by atoms with van der Waals surface area (Å²) in [6.45, 7) is 8.92. The van der Waals surface area contributed by atoms with Crippen molar-refractivity contribution in [3.05, 3.63) is 53.3 Å². The van der Waals surface area contributed by atoms with E-state index in [0.717, 1.165) is 49.5 Å². The van der Waals surface area contributed by atoms with Crippen molar-refractivity contribution >= 4 is 17.4 Å². The highest BCUT2D eigenvalue weighted by molar-refractivity contribution is 5.68. The number of carboxylic acids is 1. The molecule has 1 aromatic carbocycles. The number of carboxylic acid groups (broad SMARTS) is 1. The molecular weight excluding hydrogens is 406 g/mol. The largest absolute Gasteiger partial charge is 0.482 e. The van der Waals surface area contributed by atoms with Gasteiger partial charge < -0.3 is 15.6 Å². The fourth-order valence-corrected chi connectivity index (χ4v) is 4.07. The first-order valence-corrected chi connectivity index (χ1v) is 11.0. The summed E-state index contributed by atoms with van der Waals surface area (Å²) in [6.07, 6.45) is 2.06. The number of nitrogens with two attached hydrogens (primary N) is 1. The van der Waals surface area contributed by atoms with Gasteiger partial charge in [0.05, 0.1) is 5.69 Å². The summed E-state index contributed by atoms with van der Waals surface area (Å²) in [4.78, 5) is 17.9. The van der Waals surface area contributed by atoms with Crippen molar-refractivity contribution in [2.75, 3.05) is 25.4 Å². The summed E-state index contributed by atoms with van der Waals surface area (Å²) in [5, 5.41) is 13.3. The monoisotopic (exact) mass is 437 g/mol. The Morgan fingerprint density at radius 3 is 2.50 bits per heavy atom. The number of aromatic nitrogens is 3. The van der Waals surface area contributed by atoms with Crippen molar-refractivity contribution in [1.29, 1.82) is 0 Å². The van der Waals surface area contributed by atoms with Crippen molar-refractivity contribution in [2.24, 2.45) is 0 Å². The molecule has 1 aliphatic rings. The van der Waals surface area contributed by atoms with Gasteiger partial charge in [-0.2, -0.15) is 9.61 Å². The Balaban J connectivity index is 1.37. The zero-order valence-electron chi connectivity index (χ0n) is 18.9. The van der Waals surface area contributed by atoms with Crippen LogP contribution in [-0.4, -0.2) is 50.3 Å². The van der Waals surface area contributed by atoms with Gasteiger partial charge in [0.25, 0.3) is 0 Å². The van der Waals surface area contributed by atoms with Crippen LogP contribution in [0.1, 0.15) is 56.5 Å². The van der Waals surface area contributed by atoms with E-state index in [1.54, 1.807) is 4.52 Å². The molecule has 3 heterocycles. The Kier molecular flexibility index (Phi) is 6.06. The van der Waals surface area contributed by atoms with Crippen LogP contribution in [0.5, 0.6) is 5.75 Å².